The molecule has 0 nitrogen and oxygen atoms in total. The summed E-state index contributed by atoms with van der Waals surface area (Å²) in [5.41, 5.74) is -0.888. The molecule has 0 aromatic heterocycles. The molecule has 0 aliphatic carbocycles. The molecule has 0 atom stereocenters. The Morgan fingerprint density at radius 1 is 1.08 bits per heavy atom. The van der Waals surface area contributed by atoms with Gasteiger partial charge in [-0.2, -0.15) is 0 Å². The van der Waals surface area contributed by atoms with Crippen LogP contribution in [0.2, 0.25) is 0 Å². The summed E-state index contributed by atoms with van der Waals surface area (Å²) in [4.78, 5) is 0. The van der Waals surface area contributed by atoms with Crippen molar-refractivity contribution in [3.05, 3.63) is 34.9 Å². The molecule has 0 aliphatic rings. The predicted octanol–water partition coefficient (Wildman–Crippen LogP) is 3.38. The average molecular weight is 192 g/mol. The lowest BCUT2D eigenvalue weighted by atomic mass is 10.1. The summed E-state index contributed by atoms with van der Waals surface area (Å²) in [6.45, 7) is 1.90. The van der Waals surface area contributed by atoms with Gasteiger partial charge in [0.1, 0.15) is 11.6 Å². The fraction of sp³-hybridized carbons (Fsp3) is 0.333. The highest BCUT2D eigenvalue weighted by Gasteiger charge is 2.32. The van der Waals surface area contributed by atoms with E-state index >= 15 is 0 Å². The lowest BCUT2D eigenvalue weighted by Gasteiger charge is -2.12. The van der Waals surface area contributed by atoms with Crippen molar-refractivity contribution in [3.8, 4) is 0 Å². The molecule has 0 saturated carbocycles. The fourth-order valence-electron chi connectivity index (χ4n) is 1.12. The Morgan fingerprint density at radius 3 is 1.77 bits per heavy atom. The first-order valence-electron chi connectivity index (χ1n) is 3.66. The van der Waals surface area contributed by atoms with E-state index in [1.807, 2.05) is 0 Å². The highest BCUT2D eigenvalue weighted by molar-refractivity contribution is 5.28. The van der Waals surface area contributed by atoms with E-state index < -0.39 is 23.1 Å². The van der Waals surface area contributed by atoms with E-state index in [2.05, 4.69) is 0 Å². The Hall–Kier alpha value is -1.06. The Labute approximate surface area is 73.2 Å². The Bertz CT molecular complexity index is 302. The minimum Gasteiger partial charge on any atom is -0.206 e. The van der Waals surface area contributed by atoms with Gasteiger partial charge in [-0.3, -0.25) is 0 Å². The summed E-state index contributed by atoms with van der Waals surface area (Å²) < 4.78 is 51.0. The third-order valence-corrected chi connectivity index (χ3v) is 1.63. The molecule has 0 unspecified atom stereocenters. The van der Waals surface area contributed by atoms with Crippen molar-refractivity contribution in [2.75, 3.05) is 0 Å². The first-order valence-corrected chi connectivity index (χ1v) is 3.66. The number of hydrogen-bond acceptors (Lipinski definition) is 0. The lowest BCUT2D eigenvalue weighted by Crippen LogP contribution is -2.13. The van der Waals surface area contributed by atoms with Crippen LogP contribution in [-0.2, 0) is 5.92 Å². The second kappa shape index (κ2) is 3.01. The molecule has 13 heavy (non-hydrogen) atoms. The summed E-state index contributed by atoms with van der Waals surface area (Å²) in [6, 6.07) is 1.77. The van der Waals surface area contributed by atoms with Crippen molar-refractivity contribution in [1.29, 1.82) is 0 Å². The Balaban J connectivity index is 3.38. The molecule has 1 aromatic carbocycles. The summed E-state index contributed by atoms with van der Waals surface area (Å²) in [7, 11) is 0. The topological polar surface area (TPSA) is 0 Å². The van der Waals surface area contributed by atoms with Gasteiger partial charge in [-0.05, 0) is 24.6 Å². The fourth-order valence-corrected chi connectivity index (χ4v) is 1.12. The summed E-state index contributed by atoms with van der Waals surface area (Å²) in [5, 5.41) is 0. The lowest BCUT2D eigenvalue weighted by molar-refractivity contribution is 0.00983. The molecule has 0 heterocycles. The molecule has 1 aromatic rings. The van der Waals surface area contributed by atoms with Crippen molar-refractivity contribution >= 4 is 0 Å². The molecule has 0 amide bonds. The third-order valence-electron chi connectivity index (χ3n) is 1.63. The number of aryl methyl sites for hydroxylation is 1. The van der Waals surface area contributed by atoms with Crippen molar-refractivity contribution in [3.63, 3.8) is 0 Å². The van der Waals surface area contributed by atoms with Gasteiger partial charge in [-0.15, -0.1) is 0 Å². The molecular formula is C9H8F4. The number of alkyl halides is 2. The van der Waals surface area contributed by atoms with Gasteiger partial charge in [0.15, 0.2) is 0 Å². The SMILES string of the molecule is Cc1cc(F)c(C(C)(F)F)c(F)c1. The van der Waals surface area contributed by atoms with E-state index in [9.17, 15) is 17.6 Å². The second-order valence-corrected chi connectivity index (χ2v) is 2.99. The molecule has 0 saturated heterocycles. The van der Waals surface area contributed by atoms with Gasteiger partial charge in [0.25, 0.3) is 5.92 Å². The van der Waals surface area contributed by atoms with Gasteiger partial charge < -0.3 is 0 Å². The van der Waals surface area contributed by atoms with Crippen molar-refractivity contribution in [2.24, 2.45) is 0 Å². The minimum absolute atomic E-state index is 0.281. The number of hydrogen-bond donors (Lipinski definition) is 0. The predicted molar refractivity (Wildman–Crippen MR) is 40.7 cm³/mol. The first-order chi connectivity index (χ1) is 5.82. The van der Waals surface area contributed by atoms with E-state index in [1.54, 1.807) is 0 Å². The van der Waals surface area contributed by atoms with Gasteiger partial charge in [-0.1, -0.05) is 0 Å². The van der Waals surface area contributed by atoms with Gasteiger partial charge in [0, 0.05) is 6.92 Å². The van der Waals surface area contributed by atoms with E-state index in [4.69, 9.17) is 0 Å². The Morgan fingerprint density at radius 2 is 1.46 bits per heavy atom. The van der Waals surface area contributed by atoms with Crippen molar-refractivity contribution in [1.82, 2.24) is 0 Å². The van der Waals surface area contributed by atoms with Crippen LogP contribution in [0.15, 0.2) is 12.1 Å². The standard InChI is InChI=1S/C9H8F4/c1-5-3-6(10)8(7(11)4-5)9(2,12)13/h3-4H,1-2H3. The largest absolute Gasteiger partial charge is 0.276 e. The molecule has 0 N–H and O–H groups in total. The van der Waals surface area contributed by atoms with E-state index in [1.165, 1.54) is 6.92 Å². The van der Waals surface area contributed by atoms with Crippen LogP contribution in [0.5, 0.6) is 0 Å². The van der Waals surface area contributed by atoms with Crippen LogP contribution in [0.4, 0.5) is 17.6 Å². The number of halogens is 4. The van der Waals surface area contributed by atoms with Crippen LogP contribution < -0.4 is 0 Å². The zero-order valence-corrected chi connectivity index (χ0v) is 7.17. The summed E-state index contributed by atoms with van der Waals surface area (Å²) >= 11 is 0. The van der Waals surface area contributed by atoms with Crippen LogP contribution in [0.1, 0.15) is 18.1 Å². The maximum Gasteiger partial charge on any atom is 0.276 e. The molecular weight excluding hydrogens is 184 g/mol. The zero-order chi connectivity index (χ0) is 10.2. The van der Waals surface area contributed by atoms with E-state index in [0.717, 1.165) is 12.1 Å². The van der Waals surface area contributed by atoms with Gasteiger partial charge in [0.2, 0.25) is 0 Å². The quantitative estimate of drug-likeness (QED) is 0.598. The smallest absolute Gasteiger partial charge is 0.206 e. The van der Waals surface area contributed by atoms with Crippen molar-refractivity contribution < 1.29 is 17.6 Å². The van der Waals surface area contributed by atoms with Gasteiger partial charge in [0.05, 0.1) is 5.56 Å². The van der Waals surface area contributed by atoms with Crippen LogP contribution in [0, 0.1) is 18.6 Å². The molecule has 0 spiro atoms. The monoisotopic (exact) mass is 192 g/mol. The van der Waals surface area contributed by atoms with E-state index in [-0.39, 0.29) is 5.56 Å². The number of rotatable bonds is 1. The van der Waals surface area contributed by atoms with Gasteiger partial charge >= 0.3 is 0 Å². The maximum absolute atomic E-state index is 12.9. The van der Waals surface area contributed by atoms with Gasteiger partial charge in [-0.25, -0.2) is 17.6 Å². The van der Waals surface area contributed by atoms with E-state index in [0.29, 0.717) is 6.92 Å². The summed E-state index contributed by atoms with van der Waals surface area (Å²) in [5.74, 6) is -5.89. The zero-order valence-electron chi connectivity index (χ0n) is 7.17. The normalized spacial score (nSPS) is 11.8. The molecule has 1 rings (SSSR count). The molecule has 0 radical (unpaired) electrons. The maximum atomic E-state index is 12.9. The molecule has 0 fully saturated rings. The Kier molecular flexibility index (Phi) is 2.32. The van der Waals surface area contributed by atoms with Crippen molar-refractivity contribution in [2.45, 2.75) is 19.8 Å². The highest BCUT2D eigenvalue weighted by Crippen LogP contribution is 2.31. The van der Waals surface area contributed by atoms with Crippen LogP contribution in [-0.4, -0.2) is 0 Å². The van der Waals surface area contributed by atoms with Crippen LogP contribution >= 0.6 is 0 Å². The third kappa shape index (κ3) is 1.99. The summed E-state index contributed by atoms with van der Waals surface area (Å²) in [6.07, 6.45) is 0. The average Bonchev–Trinajstić information content (AvgIpc) is 1.78. The highest BCUT2D eigenvalue weighted by atomic mass is 19.3. The molecule has 4 heteroatoms. The minimum atomic E-state index is -3.48. The first kappa shape index (κ1) is 10.0. The molecule has 0 bridgehead atoms. The van der Waals surface area contributed by atoms with Crippen LogP contribution in [0.25, 0.3) is 0 Å². The molecule has 72 valence electrons. The van der Waals surface area contributed by atoms with Crippen LogP contribution in [0.3, 0.4) is 0 Å². The number of benzene rings is 1. The molecule has 0 aliphatic heterocycles. The second-order valence-electron chi connectivity index (χ2n) is 2.99.